The van der Waals surface area contributed by atoms with E-state index >= 15 is 0 Å². The van der Waals surface area contributed by atoms with Gasteiger partial charge in [0.2, 0.25) is 0 Å². The highest BCUT2D eigenvalue weighted by Crippen LogP contribution is 2.10. The fourth-order valence-corrected chi connectivity index (χ4v) is 1.79. The van der Waals surface area contributed by atoms with Crippen LogP contribution in [0.25, 0.3) is 0 Å². The van der Waals surface area contributed by atoms with Crippen molar-refractivity contribution < 1.29 is 0 Å². The fourth-order valence-electron chi connectivity index (χ4n) is 1.04. The third-order valence-electron chi connectivity index (χ3n) is 1.82. The molecule has 12 heavy (non-hydrogen) atoms. The first-order chi connectivity index (χ1) is 5.76. The molecule has 0 aromatic carbocycles. The van der Waals surface area contributed by atoms with Crippen LogP contribution in [0, 0.1) is 6.92 Å². The minimum atomic E-state index is 0.943. The van der Waals surface area contributed by atoms with Gasteiger partial charge in [-0.15, -0.1) is 21.5 Å². The largest absolute Gasteiger partial charge is 0.297 e. The van der Waals surface area contributed by atoms with E-state index in [1.807, 2.05) is 6.92 Å². The Labute approximate surface area is 77.4 Å². The van der Waals surface area contributed by atoms with Crippen molar-refractivity contribution in [1.82, 2.24) is 15.1 Å². The third-order valence-corrected chi connectivity index (χ3v) is 2.64. The number of aromatic nitrogens is 2. The predicted molar refractivity (Wildman–Crippen MR) is 51.3 cm³/mol. The van der Waals surface area contributed by atoms with E-state index in [9.17, 15) is 0 Å². The van der Waals surface area contributed by atoms with Gasteiger partial charge in [0.05, 0.1) is 6.54 Å². The van der Waals surface area contributed by atoms with Crippen molar-refractivity contribution in [3.05, 3.63) is 10.0 Å². The van der Waals surface area contributed by atoms with Gasteiger partial charge in [0, 0.05) is 0 Å². The molecule has 3 nitrogen and oxygen atoms in total. The molecule has 0 aliphatic carbocycles. The molecule has 4 heteroatoms. The van der Waals surface area contributed by atoms with Crippen molar-refractivity contribution in [2.24, 2.45) is 0 Å². The second-order valence-corrected chi connectivity index (χ2v) is 3.94. The SMILES string of the molecule is CCN(CC)Cc1nnc(C)s1. The van der Waals surface area contributed by atoms with Crippen LogP contribution in [-0.2, 0) is 6.54 Å². The molecule has 68 valence electrons. The molecule has 0 fully saturated rings. The van der Waals surface area contributed by atoms with E-state index in [-0.39, 0.29) is 0 Å². The molecule has 0 spiro atoms. The number of rotatable bonds is 4. The Hall–Kier alpha value is -0.480. The molecule has 1 aromatic heterocycles. The van der Waals surface area contributed by atoms with Crippen LogP contribution in [0.15, 0.2) is 0 Å². The van der Waals surface area contributed by atoms with Gasteiger partial charge in [0.1, 0.15) is 10.0 Å². The number of hydrogen-bond acceptors (Lipinski definition) is 4. The van der Waals surface area contributed by atoms with Crippen molar-refractivity contribution in [1.29, 1.82) is 0 Å². The van der Waals surface area contributed by atoms with Crippen LogP contribution >= 0.6 is 11.3 Å². The molecule has 0 unspecified atom stereocenters. The predicted octanol–water partition coefficient (Wildman–Crippen LogP) is 1.69. The summed E-state index contributed by atoms with van der Waals surface area (Å²) in [6.07, 6.45) is 0. The van der Waals surface area contributed by atoms with Crippen molar-refractivity contribution in [2.45, 2.75) is 27.3 Å². The maximum Gasteiger partial charge on any atom is 0.131 e. The van der Waals surface area contributed by atoms with E-state index in [1.54, 1.807) is 11.3 Å². The van der Waals surface area contributed by atoms with Gasteiger partial charge in [-0.2, -0.15) is 0 Å². The van der Waals surface area contributed by atoms with E-state index < -0.39 is 0 Å². The first kappa shape index (κ1) is 9.61. The zero-order valence-corrected chi connectivity index (χ0v) is 8.69. The standard InChI is InChI=1S/C8H15N3S/c1-4-11(5-2)6-8-10-9-7(3)12-8/h4-6H2,1-3H3. The van der Waals surface area contributed by atoms with Crippen molar-refractivity contribution in [2.75, 3.05) is 13.1 Å². The average Bonchev–Trinajstić information content (AvgIpc) is 2.47. The molecule has 1 aromatic rings. The summed E-state index contributed by atoms with van der Waals surface area (Å²) in [5, 5.41) is 10.2. The molecule has 1 heterocycles. The van der Waals surface area contributed by atoms with Crippen LogP contribution < -0.4 is 0 Å². The maximum atomic E-state index is 4.08. The van der Waals surface area contributed by atoms with E-state index in [2.05, 4.69) is 28.9 Å². The summed E-state index contributed by atoms with van der Waals surface area (Å²) in [6.45, 7) is 9.42. The van der Waals surface area contributed by atoms with Gasteiger partial charge in [0.25, 0.3) is 0 Å². The fraction of sp³-hybridized carbons (Fsp3) is 0.750. The van der Waals surface area contributed by atoms with Gasteiger partial charge in [-0.3, -0.25) is 4.90 Å². The molecule has 0 N–H and O–H groups in total. The molecular weight excluding hydrogens is 170 g/mol. The van der Waals surface area contributed by atoms with Gasteiger partial charge in [-0.1, -0.05) is 13.8 Å². The van der Waals surface area contributed by atoms with Crippen LogP contribution in [0.1, 0.15) is 23.9 Å². The monoisotopic (exact) mass is 185 g/mol. The number of hydrogen-bond donors (Lipinski definition) is 0. The lowest BCUT2D eigenvalue weighted by molar-refractivity contribution is 0.294. The van der Waals surface area contributed by atoms with Crippen LogP contribution in [0.4, 0.5) is 0 Å². The molecule has 0 bridgehead atoms. The summed E-state index contributed by atoms with van der Waals surface area (Å²) in [7, 11) is 0. The Morgan fingerprint density at radius 2 is 1.92 bits per heavy atom. The van der Waals surface area contributed by atoms with Crippen LogP contribution in [0.5, 0.6) is 0 Å². The Kier molecular flexibility index (Phi) is 3.62. The highest BCUT2D eigenvalue weighted by Gasteiger charge is 2.04. The second-order valence-electron chi connectivity index (χ2n) is 2.68. The highest BCUT2D eigenvalue weighted by molar-refractivity contribution is 7.11. The lowest BCUT2D eigenvalue weighted by atomic mass is 10.5. The Bertz CT molecular complexity index is 230. The minimum Gasteiger partial charge on any atom is -0.297 e. The Morgan fingerprint density at radius 3 is 2.33 bits per heavy atom. The topological polar surface area (TPSA) is 29.0 Å². The van der Waals surface area contributed by atoms with E-state index in [0.717, 1.165) is 29.6 Å². The lowest BCUT2D eigenvalue weighted by Gasteiger charge is -2.15. The van der Waals surface area contributed by atoms with Gasteiger partial charge in [-0.25, -0.2) is 0 Å². The second kappa shape index (κ2) is 4.52. The first-order valence-corrected chi connectivity index (χ1v) is 5.09. The molecule has 0 radical (unpaired) electrons. The van der Waals surface area contributed by atoms with E-state index in [0.29, 0.717) is 0 Å². The van der Waals surface area contributed by atoms with Crippen LogP contribution in [0.3, 0.4) is 0 Å². The van der Waals surface area contributed by atoms with E-state index in [4.69, 9.17) is 0 Å². The first-order valence-electron chi connectivity index (χ1n) is 4.27. The summed E-state index contributed by atoms with van der Waals surface area (Å²) in [6, 6.07) is 0. The summed E-state index contributed by atoms with van der Waals surface area (Å²) in [5.74, 6) is 0. The van der Waals surface area contributed by atoms with Gasteiger partial charge in [-0.05, 0) is 20.0 Å². The zero-order chi connectivity index (χ0) is 8.97. The van der Waals surface area contributed by atoms with Gasteiger partial charge >= 0.3 is 0 Å². The molecule has 0 saturated carbocycles. The molecule has 0 atom stereocenters. The summed E-state index contributed by atoms with van der Waals surface area (Å²) >= 11 is 1.68. The van der Waals surface area contributed by atoms with Gasteiger partial charge < -0.3 is 0 Å². The molecule has 0 aliphatic rings. The molecule has 0 aliphatic heterocycles. The quantitative estimate of drug-likeness (QED) is 0.714. The average molecular weight is 185 g/mol. The summed E-state index contributed by atoms with van der Waals surface area (Å²) < 4.78 is 0. The van der Waals surface area contributed by atoms with Crippen LogP contribution in [-0.4, -0.2) is 28.2 Å². The molecular formula is C8H15N3S. The molecule has 1 rings (SSSR count). The number of aryl methyl sites for hydroxylation is 1. The maximum absolute atomic E-state index is 4.08. The van der Waals surface area contributed by atoms with Crippen molar-refractivity contribution in [3.8, 4) is 0 Å². The van der Waals surface area contributed by atoms with Gasteiger partial charge in [0.15, 0.2) is 0 Å². The smallest absolute Gasteiger partial charge is 0.131 e. The lowest BCUT2D eigenvalue weighted by Crippen LogP contribution is -2.21. The summed E-state index contributed by atoms with van der Waals surface area (Å²) in [4.78, 5) is 2.33. The van der Waals surface area contributed by atoms with Crippen molar-refractivity contribution in [3.63, 3.8) is 0 Å². The zero-order valence-electron chi connectivity index (χ0n) is 7.87. The van der Waals surface area contributed by atoms with E-state index in [1.165, 1.54) is 0 Å². The van der Waals surface area contributed by atoms with Crippen molar-refractivity contribution >= 4 is 11.3 Å². The molecule has 0 amide bonds. The summed E-state index contributed by atoms with van der Waals surface area (Å²) in [5.41, 5.74) is 0. The Balaban J connectivity index is 2.50. The van der Waals surface area contributed by atoms with Crippen LogP contribution in [0.2, 0.25) is 0 Å². The molecule has 0 saturated heterocycles. The third kappa shape index (κ3) is 2.53. The Morgan fingerprint density at radius 1 is 1.25 bits per heavy atom. The normalized spacial score (nSPS) is 11.0. The number of nitrogens with zero attached hydrogens (tertiary/aromatic N) is 3. The minimum absolute atomic E-state index is 0.943. The highest BCUT2D eigenvalue weighted by atomic mass is 32.1.